The Morgan fingerprint density at radius 2 is 1.79 bits per heavy atom. The molecule has 0 saturated carbocycles. The molecular weight excluding hydrogens is 496 g/mol. The Hall–Kier alpha value is -2.71. The van der Waals surface area contributed by atoms with Crippen LogP contribution in [0, 0.1) is 17.4 Å². The van der Waals surface area contributed by atoms with E-state index in [0.717, 1.165) is 12.8 Å². The van der Waals surface area contributed by atoms with Crippen molar-refractivity contribution < 1.29 is 34.4 Å². The van der Waals surface area contributed by atoms with Crippen LogP contribution in [0.25, 0.3) is 0 Å². The summed E-state index contributed by atoms with van der Waals surface area (Å²) in [6, 6.07) is -0.867. The number of nitrogens with zero attached hydrogens (tertiary/aromatic N) is 2. The van der Waals surface area contributed by atoms with E-state index in [-0.39, 0.29) is 42.8 Å². The SMILES string of the molecule is CC(C)C(NC(O)CCCCCN1C(O)C=CC1O)C(=O)NCC(=O)NC1C=CC(COC(=O)N=N)CC1. The Morgan fingerprint density at radius 3 is 2.39 bits per heavy atom. The molecule has 1 aliphatic heterocycles. The molecule has 2 rings (SSSR count). The van der Waals surface area contributed by atoms with Crippen molar-refractivity contribution in [1.29, 1.82) is 5.53 Å². The number of unbranched alkanes of at least 4 members (excludes halogenated alkanes) is 2. The van der Waals surface area contributed by atoms with Gasteiger partial charge in [-0.1, -0.05) is 37.5 Å². The number of nitrogens with one attached hydrogen (secondary N) is 4. The molecule has 1 heterocycles. The lowest BCUT2D eigenvalue weighted by Gasteiger charge is -2.26. The molecule has 2 aliphatic rings. The zero-order valence-electron chi connectivity index (χ0n) is 22.1. The average Bonchev–Trinajstić information content (AvgIpc) is 3.21. The molecule has 1 aliphatic carbocycles. The van der Waals surface area contributed by atoms with Crippen LogP contribution in [0.2, 0.25) is 0 Å². The van der Waals surface area contributed by atoms with Crippen LogP contribution in [0.15, 0.2) is 29.4 Å². The van der Waals surface area contributed by atoms with E-state index in [9.17, 15) is 29.7 Å². The largest absolute Gasteiger partial charge is 0.451 e. The molecule has 3 amide bonds. The Labute approximate surface area is 223 Å². The molecule has 7 N–H and O–H groups in total. The summed E-state index contributed by atoms with van der Waals surface area (Å²) in [5.74, 6) is -0.827. The van der Waals surface area contributed by atoms with Crippen LogP contribution in [-0.4, -0.2) is 88.6 Å². The first-order valence-corrected chi connectivity index (χ1v) is 13.1. The lowest BCUT2D eigenvalue weighted by molar-refractivity contribution is -0.129. The number of aliphatic hydroxyl groups is 3. The van der Waals surface area contributed by atoms with Gasteiger partial charge < -0.3 is 30.7 Å². The summed E-state index contributed by atoms with van der Waals surface area (Å²) >= 11 is 0. The van der Waals surface area contributed by atoms with Gasteiger partial charge >= 0.3 is 6.09 Å². The minimum atomic E-state index is -0.930. The van der Waals surface area contributed by atoms with Gasteiger partial charge in [0, 0.05) is 18.5 Å². The van der Waals surface area contributed by atoms with E-state index in [0.29, 0.717) is 32.2 Å². The molecule has 13 heteroatoms. The van der Waals surface area contributed by atoms with Crippen LogP contribution in [0.1, 0.15) is 52.4 Å². The maximum Gasteiger partial charge on any atom is 0.451 e. The van der Waals surface area contributed by atoms with Gasteiger partial charge in [0.25, 0.3) is 0 Å². The first-order valence-electron chi connectivity index (χ1n) is 13.1. The maximum absolute atomic E-state index is 12.7. The molecule has 214 valence electrons. The number of aliphatic hydroxyl groups excluding tert-OH is 3. The van der Waals surface area contributed by atoms with Gasteiger partial charge in [0.1, 0.15) is 18.7 Å². The minimum Gasteiger partial charge on any atom is -0.446 e. The number of amides is 3. The second-order valence-corrected chi connectivity index (χ2v) is 10.0. The minimum absolute atomic E-state index is 0.000953. The summed E-state index contributed by atoms with van der Waals surface area (Å²) in [6.45, 7) is 4.18. The van der Waals surface area contributed by atoms with Crippen molar-refractivity contribution >= 4 is 17.9 Å². The van der Waals surface area contributed by atoms with Gasteiger partial charge in [0.15, 0.2) is 0 Å². The third-order valence-electron chi connectivity index (χ3n) is 6.60. The van der Waals surface area contributed by atoms with Crippen LogP contribution >= 0.6 is 0 Å². The zero-order valence-corrected chi connectivity index (χ0v) is 22.1. The standard InChI is InChI=1S/C25H42N6O7/c1-16(2)23(29-19(32)6-4-3-5-13-31-21(34)11-12-22(31)35)24(36)27-14-20(33)28-18-9-7-17(8-10-18)15-38-25(37)30-26/h7,9,11-12,16-19,21-23,26,29,32,34-35H,3-6,8,10,13-15H2,1-2H3,(H,27,36)(H,28,33). The van der Waals surface area contributed by atoms with Crippen LogP contribution in [0.3, 0.4) is 0 Å². The molecule has 0 fully saturated rings. The van der Waals surface area contributed by atoms with E-state index >= 15 is 0 Å². The van der Waals surface area contributed by atoms with Crippen molar-refractivity contribution in [3.8, 4) is 0 Å². The second-order valence-electron chi connectivity index (χ2n) is 10.0. The van der Waals surface area contributed by atoms with Crippen molar-refractivity contribution in [3.05, 3.63) is 24.3 Å². The van der Waals surface area contributed by atoms with Crippen LogP contribution < -0.4 is 16.0 Å². The molecule has 0 aromatic rings. The fraction of sp³-hybridized carbons (Fsp3) is 0.720. The Balaban J connectivity index is 1.64. The molecule has 0 spiro atoms. The van der Waals surface area contributed by atoms with E-state index in [4.69, 9.17) is 10.3 Å². The quantitative estimate of drug-likeness (QED) is 0.0680. The van der Waals surface area contributed by atoms with Gasteiger partial charge in [-0.25, -0.2) is 9.69 Å². The molecule has 0 radical (unpaired) electrons. The number of carbonyl (C=O) groups excluding carboxylic acids is 3. The molecule has 0 aromatic heterocycles. The smallest absolute Gasteiger partial charge is 0.446 e. The summed E-state index contributed by atoms with van der Waals surface area (Å²) in [6.07, 6.45) is 7.41. The number of carbonyl (C=O) groups is 3. The van der Waals surface area contributed by atoms with E-state index in [1.54, 1.807) is 17.1 Å². The molecule has 6 unspecified atom stereocenters. The van der Waals surface area contributed by atoms with Crippen molar-refractivity contribution in [2.24, 2.45) is 17.0 Å². The molecule has 0 saturated heterocycles. The molecule has 13 nitrogen and oxygen atoms in total. The Kier molecular flexibility index (Phi) is 13.5. The Morgan fingerprint density at radius 1 is 1.08 bits per heavy atom. The molecule has 38 heavy (non-hydrogen) atoms. The average molecular weight is 539 g/mol. The third-order valence-corrected chi connectivity index (χ3v) is 6.60. The van der Waals surface area contributed by atoms with Gasteiger partial charge in [0.05, 0.1) is 19.2 Å². The maximum atomic E-state index is 12.7. The summed E-state index contributed by atoms with van der Waals surface area (Å²) in [4.78, 5) is 37.5. The number of ether oxygens (including phenoxy) is 1. The predicted octanol–water partition coefficient (Wildman–Crippen LogP) is 0.723. The fourth-order valence-electron chi connectivity index (χ4n) is 4.39. The van der Waals surface area contributed by atoms with Gasteiger partial charge in [-0.2, -0.15) is 5.53 Å². The van der Waals surface area contributed by atoms with Gasteiger partial charge in [-0.15, -0.1) is 0 Å². The topological polar surface area (TPSA) is 197 Å². The van der Waals surface area contributed by atoms with Gasteiger partial charge in [-0.3, -0.25) is 14.9 Å². The van der Waals surface area contributed by atoms with E-state index in [1.165, 1.54) is 0 Å². The van der Waals surface area contributed by atoms with Crippen LogP contribution in [0.4, 0.5) is 4.79 Å². The highest BCUT2D eigenvalue weighted by molar-refractivity contribution is 5.87. The van der Waals surface area contributed by atoms with Crippen molar-refractivity contribution in [2.45, 2.75) is 83.1 Å². The zero-order chi connectivity index (χ0) is 28.1. The first kappa shape index (κ1) is 31.5. The van der Waals surface area contributed by atoms with Gasteiger partial charge in [0.2, 0.25) is 11.8 Å². The van der Waals surface area contributed by atoms with Crippen LogP contribution in [-0.2, 0) is 14.3 Å². The highest BCUT2D eigenvalue weighted by atomic mass is 16.5. The van der Waals surface area contributed by atoms with E-state index in [1.807, 2.05) is 26.0 Å². The number of hydrogen-bond donors (Lipinski definition) is 7. The Bertz CT molecular complexity index is 840. The van der Waals surface area contributed by atoms with Crippen molar-refractivity contribution in [2.75, 3.05) is 19.7 Å². The summed E-state index contributed by atoms with van der Waals surface area (Å²) in [7, 11) is 0. The van der Waals surface area contributed by atoms with E-state index in [2.05, 4.69) is 21.1 Å². The van der Waals surface area contributed by atoms with Crippen molar-refractivity contribution in [3.63, 3.8) is 0 Å². The summed E-state index contributed by atoms with van der Waals surface area (Å²) in [5.41, 5.74) is 6.59. The number of hydrogen-bond acceptors (Lipinski definition) is 10. The predicted molar refractivity (Wildman–Crippen MR) is 137 cm³/mol. The van der Waals surface area contributed by atoms with E-state index < -0.39 is 30.8 Å². The lowest BCUT2D eigenvalue weighted by Crippen LogP contribution is -2.53. The molecular formula is C25H42N6O7. The van der Waals surface area contributed by atoms with Crippen molar-refractivity contribution in [1.82, 2.24) is 20.9 Å². The van der Waals surface area contributed by atoms with Crippen LogP contribution in [0.5, 0.6) is 0 Å². The fourth-order valence-corrected chi connectivity index (χ4v) is 4.39. The monoisotopic (exact) mass is 538 g/mol. The first-order chi connectivity index (χ1) is 18.1. The molecule has 6 atom stereocenters. The summed E-state index contributed by atoms with van der Waals surface area (Å²) in [5, 5.41) is 41.0. The van der Waals surface area contributed by atoms with Gasteiger partial charge in [-0.05, 0) is 50.2 Å². The third kappa shape index (κ3) is 11.0. The number of rotatable bonds is 15. The molecule has 0 bridgehead atoms. The normalized spacial score (nSPS) is 24.7. The molecule has 0 aromatic carbocycles. The highest BCUT2D eigenvalue weighted by Gasteiger charge is 2.26. The summed E-state index contributed by atoms with van der Waals surface area (Å²) < 4.78 is 4.82. The highest BCUT2D eigenvalue weighted by Crippen LogP contribution is 2.18. The second kappa shape index (κ2) is 16.3. The lowest BCUT2D eigenvalue weighted by atomic mass is 9.93.